The van der Waals surface area contributed by atoms with E-state index < -0.39 is 0 Å². The summed E-state index contributed by atoms with van der Waals surface area (Å²) in [5, 5.41) is 17.7. The largest absolute Gasteiger partial charge is 0.396 e. The predicted octanol–water partition coefficient (Wildman–Crippen LogP) is 0.553. The molecule has 0 aromatic heterocycles. The van der Waals surface area contributed by atoms with E-state index >= 15 is 0 Å². The highest BCUT2D eigenvalue weighted by atomic mass is 16.3. The molecule has 1 aliphatic carbocycles. The molecule has 2 N–H and O–H groups in total. The molecule has 1 atom stereocenters. The fraction of sp³-hybridized carbons (Fsp3) is 0.750. The van der Waals surface area contributed by atoms with Gasteiger partial charge in [-0.15, -0.1) is 0 Å². The molecule has 1 aliphatic rings. The van der Waals surface area contributed by atoms with Gasteiger partial charge in [0.2, 0.25) is 0 Å². The van der Waals surface area contributed by atoms with Crippen molar-refractivity contribution in [3.63, 3.8) is 0 Å². The monoisotopic (exact) mass is 142 g/mol. The first-order valence-corrected chi connectivity index (χ1v) is 3.63. The lowest BCUT2D eigenvalue weighted by atomic mass is 10.1. The van der Waals surface area contributed by atoms with E-state index in [-0.39, 0.29) is 18.6 Å². The highest BCUT2D eigenvalue weighted by Crippen LogP contribution is 2.52. The van der Waals surface area contributed by atoms with Gasteiger partial charge in [-0.25, -0.2) is 0 Å². The second-order valence-electron chi connectivity index (χ2n) is 3.02. The molecule has 1 saturated carbocycles. The minimum Gasteiger partial charge on any atom is -0.396 e. The minimum absolute atomic E-state index is 0.110. The number of aliphatic hydroxyl groups is 2. The van der Waals surface area contributed by atoms with Gasteiger partial charge in [0.05, 0.1) is 13.2 Å². The lowest BCUT2D eigenvalue weighted by Crippen LogP contribution is -2.14. The molecular formula is C8H14O2. The van der Waals surface area contributed by atoms with Gasteiger partial charge in [-0.3, -0.25) is 0 Å². The Kier molecular flexibility index (Phi) is 2.11. The molecule has 0 spiro atoms. The SMILES string of the molecule is C/C=C/C1CC1(CO)CO. The fourth-order valence-electron chi connectivity index (χ4n) is 1.30. The number of hydrogen-bond donors (Lipinski definition) is 2. The predicted molar refractivity (Wildman–Crippen MR) is 39.5 cm³/mol. The van der Waals surface area contributed by atoms with Gasteiger partial charge < -0.3 is 10.2 Å². The third-order valence-corrected chi connectivity index (χ3v) is 2.31. The lowest BCUT2D eigenvalue weighted by molar-refractivity contribution is 0.126. The molecule has 0 radical (unpaired) electrons. The Bertz CT molecular complexity index is 136. The molecule has 1 fully saturated rings. The van der Waals surface area contributed by atoms with Crippen LogP contribution in [-0.4, -0.2) is 23.4 Å². The summed E-state index contributed by atoms with van der Waals surface area (Å²) in [5.74, 6) is 0.410. The van der Waals surface area contributed by atoms with Crippen LogP contribution in [0.5, 0.6) is 0 Å². The highest BCUT2D eigenvalue weighted by Gasteiger charge is 2.51. The zero-order chi connectivity index (χ0) is 7.61. The first-order valence-electron chi connectivity index (χ1n) is 3.63. The molecule has 0 heterocycles. The molecule has 58 valence electrons. The van der Waals surface area contributed by atoms with E-state index in [1.165, 1.54) is 0 Å². The van der Waals surface area contributed by atoms with Gasteiger partial charge in [0.15, 0.2) is 0 Å². The molecule has 0 bridgehead atoms. The van der Waals surface area contributed by atoms with Gasteiger partial charge in [-0.2, -0.15) is 0 Å². The second-order valence-corrected chi connectivity index (χ2v) is 3.02. The van der Waals surface area contributed by atoms with Gasteiger partial charge in [-0.05, 0) is 19.3 Å². The van der Waals surface area contributed by atoms with Crippen LogP contribution < -0.4 is 0 Å². The van der Waals surface area contributed by atoms with Gasteiger partial charge in [0.1, 0.15) is 0 Å². The highest BCUT2D eigenvalue weighted by molar-refractivity contribution is 5.11. The maximum Gasteiger partial charge on any atom is 0.0515 e. The van der Waals surface area contributed by atoms with Crippen LogP contribution in [0.25, 0.3) is 0 Å². The van der Waals surface area contributed by atoms with Crippen molar-refractivity contribution in [1.29, 1.82) is 0 Å². The van der Waals surface area contributed by atoms with Crippen LogP contribution in [0.1, 0.15) is 13.3 Å². The molecule has 2 heteroatoms. The van der Waals surface area contributed by atoms with Crippen molar-refractivity contribution in [2.75, 3.05) is 13.2 Å². The summed E-state index contributed by atoms with van der Waals surface area (Å²) in [4.78, 5) is 0. The standard InChI is InChI=1S/C8H14O2/c1-2-3-7-4-8(7,5-9)6-10/h2-3,7,9-10H,4-6H2,1H3/b3-2+. The summed E-state index contributed by atoms with van der Waals surface area (Å²) in [5.41, 5.74) is -0.174. The van der Waals surface area contributed by atoms with Gasteiger partial charge in [-0.1, -0.05) is 12.2 Å². The van der Waals surface area contributed by atoms with E-state index in [2.05, 4.69) is 0 Å². The Morgan fingerprint density at radius 3 is 2.40 bits per heavy atom. The minimum atomic E-state index is -0.174. The molecule has 1 unspecified atom stereocenters. The zero-order valence-corrected chi connectivity index (χ0v) is 6.25. The molecule has 0 aromatic carbocycles. The molecular weight excluding hydrogens is 128 g/mol. The van der Waals surface area contributed by atoms with E-state index in [0.29, 0.717) is 5.92 Å². The van der Waals surface area contributed by atoms with Crippen molar-refractivity contribution < 1.29 is 10.2 Å². The van der Waals surface area contributed by atoms with E-state index in [1.54, 1.807) is 0 Å². The van der Waals surface area contributed by atoms with Crippen LogP contribution in [0.2, 0.25) is 0 Å². The van der Waals surface area contributed by atoms with E-state index in [9.17, 15) is 0 Å². The Morgan fingerprint density at radius 1 is 1.50 bits per heavy atom. The molecule has 2 nitrogen and oxygen atoms in total. The number of hydrogen-bond acceptors (Lipinski definition) is 2. The topological polar surface area (TPSA) is 40.5 Å². The second kappa shape index (κ2) is 2.72. The Morgan fingerprint density at radius 2 is 2.10 bits per heavy atom. The summed E-state index contributed by atoms with van der Waals surface area (Å²) < 4.78 is 0. The van der Waals surface area contributed by atoms with Crippen LogP contribution in [0, 0.1) is 11.3 Å². The Balaban J connectivity index is 2.44. The quantitative estimate of drug-likeness (QED) is 0.565. The van der Waals surface area contributed by atoms with Gasteiger partial charge >= 0.3 is 0 Å². The third kappa shape index (κ3) is 1.09. The van der Waals surface area contributed by atoms with Crippen LogP contribution in [0.3, 0.4) is 0 Å². The van der Waals surface area contributed by atoms with Gasteiger partial charge in [0, 0.05) is 5.41 Å². The molecule has 0 aromatic rings. The number of allylic oxidation sites excluding steroid dienone is 2. The lowest BCUT2D eigenvalue weighted by Gasteiger charge is -2.06. The number of aliphatic hydroxyl groups excluding tert-OH is 2. The first kappa shape index (κ1) is 7.76. The first-order chi connectivity index (χ1) is 4.79. The maximum absolute atomic E-state index is 8.86. The van der Waals surface area contributed by atoms with Crippen LogP contribution in [0.4, 0.5) is 0 Å². The third-order valence-electron chi connectivity index (χ3n) is 2.31. The van der Waals surface area contributed by atoms with E-state index in [1.807, 2.05) is 19.1 Å². The van der Waals surface area contributed by atoms with Crippen LogP contribution >= 0.6 is 0 Å². The summed E-state index contributed by atoms with van der Waals surface area (Å²) in [6.07, 6.45) is 4.95. The normalized spacial score (nSPS) is 29.3. The van der Waals surface area contributed by atoms with E-state index in [0.717, 1.165) is 6.42 Å². The Hall–Kier alpha value is -0.340. The fourth-order valence-corrected chi connectivity index (χ4v) is 1.30. The summed E-state index contributed by atoms with van der Waals surface area (Å²) in [6, 6.07) is 0. The molecule has 0 aliphatic heterocycles. The molecule has 10 heavy (non-hydrogen) atoms. The van der Waals surface area contributed by atoms with Crippen molar-refractivity contribution in [1.82, 2.24) is 0 Å². The summed E-state index contributed by atoms with van der Waals surface area (Å²) >= 11 is 0. The average molecular weight is 142 g/mol. The van der Waals surface area contributed by atoms with Crippen LogP contribution in [0.15, 0.2) is 12.2 Å². The maximum atomic E-state index is 8.86. The van der Waals surface area contributed by atoms with Crippen molar-refractivity contribution in [3.8, 4) is 0 Å². The summed E-state index contributed by atoms with van der Waals surface area (Å²) in [7, 11) is 0. The Labute approximate surface area is 61.2 Å². The van der Waals surface area contributed by atoms with Crippen LogP contribution in [-0.2, 0) is 0 Å². The van der Waals surface area contributed by atoms with Gasteiger partial charge in [0.25, 0.3) is 0 Å². The molecule has 0 saturated heterocycles. The number of rotatable bonds is 3. The van der Waals surface area contributed by atoms with Crippen molar-refractivity contribution in [2.24, 2.45) is 11.3 Å². The van der Waals surface area contributed by atoms with E-state index in [4.69, 9.17) is 10.2 Å². The van der Waals surface area contributed by atoms with Crippen molar-refractivity contribution >= 4 is 0 Å². The summed E-state index contributed by atoms with van der Waals surface area (Å²) in [6.45, 7) is 2.18. The molecule has 0 amide bonds. The zero-order valence-electron chi connectivity index (χ0n) is 6.25. The smallest absolute Gasteiger partial charge is 0.0515 e. The van der Waals surface area contributed by atoms with Crippen molar-refractivity contribution in [3.05, 3.63) is 12.2 Å². The molecule has 1 rings (SSSR count). The van der Waals surface area contributed by atoms with Crippen molar-refractivity contribution in [2.45, 2.75) is 13.3 Å². The average Bonchev–Trinajstić information content (AvgIpc) is 2.65.